The number of thiophene rings is 1. The first kappa shape index (κ1) is 10.6. The van der Waals surface area contributed by atoms with Crippen molar-refractivity contribution < 1.29 is 14.0 Å². The van der Waals surface area contributed by atoms with Crippen molar-refractivity contribution in [2.45, 2.75) is 12.1 Å². The highest BCUT2D eigenvalue weighted by atomic mass is 32.1. The third kappa shape index (κ3) is 1.77. The van der Waals surface area contributed by atoms with Gasteiger partial charge in [-0.05, 0) is 11.4 Å². The average molecular weight is 229 g/mol. The van der Waals surface area contributed by atoms with Crippen LogP contribution in [-0.2, 0) is 9.63 Å². The summed E-state index contributed by atoms with van der Waals surface area (Å²) in [6, 6.07) is 3.73. The summed E-state index contributed by atoms with van der Waals surface area (Å²) in [5.74, 6) is -1.12. The van der Waals surface area contributed by atoms with Gasteiger partial charge in [0, 0.05) is 17.8 Å². The molecule has 1 fully saturated rings. The molecule has 0 radical (unpaired) electrons. The highest BCUT2D eigenvalue weighted by molar-refractivity contribution is 7.10. The fourth-order valence-electron chi connectivity index (χ4n) is 1.68. The Morgan fingerprint density at radius 2 is 2.40 bits per heavy atom. The molecule has 5 heteroatoms. The number of carbonyl (C=O) groups excluding carboxylic acids is 1. The number of nitrogens with zero attached hydrogens (tertiary/aromatic N) is 1. The molecular weight excluding hydrogens is 217 g/mol. The third-order valence-electron chi connectivity index (χ3n) is 2.67. The van der Waals surface area contributed by atoms with Crippen LogP contribution in [0.15, 0.2) is 17.5 Å². The first-order valence-corrected chi connectivity index (χ1v) is 5.54. The summed E-state index contributed by atoms with van der Waals surface area (Å²) >= 11 is 1.49. The highest BCUT2D eigenvalue weighted by Crippen LogP contribution is 2.52. The molecule has 1 saturated carbocycles. The topological polar surface area (TPSA) is 29.5 Å². The molecule has 1 amide bonds. The Morgan fingerprint density at radius 1 is 1.67 bits per heavy atom. The lowest BCUT2D eigenvalue weighted by Gasteiger charge is -2.12. The molecule has 3 atom stereocenters. The van der Waals surface area contributed by atoms with E-state index in [1.165, 1.54) is 25.5 Å². The Morgan fingerprint density at radius 3 is 2.93 bits per heavy atom. The van der Waals surface area contributed by atoms with E-state index < -0.39 is 12.1 Å². The maximum Gasteiger partial charge on any atom is 0.252 e. The fraction of sp³-hybridized carbons (Fsp3) is 0.500. The van der Waals surface area contributed by atoms with Crippen LogP contribution in [0, 0.1) is 5.92 Å². The van der Waals surface area contributed by atoms with E-state index in [0.29, 0.717) is 0 Å². The van der Waals surface area contributed by atoms with Gasteiger partial charge in [-0.3, -0.25) is 9.63 Å². The summed E-state index contributed by atoms with van der Waals surface area (Å²) in [5.41, 5.74) is 0. The number of rotatable bonds is 3. The Kier molecular flexibility index (Phi) is 2.75. The highest BCUT2D eigenvalue weighted by Gasteiger charge is 2.58. The number of amides is 1. The largest absolute Gasteiger partial charge is 0.275 e. The van der Waals surface area contributed by atoms with E-state index in [2.05, 4.69) is 0 Å². The Bertz CT molecular complexity index is 354. The van der Waals surface area contributed by atoms with Crippen molar-refractivity contribution in [2.24, 2.45) is 5.92 Å². The molecule has 1 heterocycles. The number of carbonyl (C=O) groups is 1. The molecule has 0 unspecified atom stereocenters. The molecule has 0 bridgehead atoms. The summed E-state index contributed by atoms with van der Waals surface area (Å²) in [5, 5.41) is 2.98. The van der Waals surface area contributed by atoms with Crippen molar-refractivity contribution in [3.8, 4) is 0 Å². The maximum absolute atomic E-state index is 13.5. The van der Waals surface area contributed by atoms with Crippen LogP contribution >= 0.6 is 11.3 Å². The predicted octanol–water partition coefficient (Wildman–Crippen LogP) is 1.82. The maximum atomic E-state index is 13.5. The van der Waals surface area contributed by atoms with Gasteiger partial charge in [0.2, 0.25) is 0 Å². The second kappa shape index (κ2) is 3.90. The molecule has 1 aliphatic rings. The van der Waals surface area contributed by atoms with Gasteiger partial charge in [-0.25, -0.2) is 9.45 Å². The molecule has 1 aromatic heterocycles. The van der Waals surface area contributed by atoms with Crippen LogP contribution in [0.5, 0.6) is 0 Å². The molecule has 0 spiro atoms. The molecular formula is C10H12FNO2S. The number of halogens is 1. The average Bonchev–Trinajstić information content (AvgIpc) is 2.70. The molecule has 15 heavy (non-hydrogen) atoms. The predicted molar refractivity (Wildman–Crippen MR) is 55.2 cm³/mol. The van der Waals surface area contributed by atoms with Crippen molar-refractivity contribution >= 4 is 17.2 Å². The lowest BCUT2D eigenvalue weighted by atomic mass is 10.2. The zero-order valence-electron chi connectivity index (χ0n) is 8.51. The molecule has 1 aromatic rings. The van der Waals surface area contributed by atoms with Crippen LogP contribution in [0.4, 0.5) is 4.39 Å². The van der Waals surface area contributed by atoms with E-state index in [4.69, 9.17) is 4.84 Å². The van der Waals surface area contributed by atoms with E-state index in [-0.39, 0.29) is 11.8 Å². The first-order valence-electron chi connectivity index (χ1n) is 4.66. The van der Waals surface area contributed by atoms with Gasteiger partial charge >= 0.3 is 0 Å². The van der Waals surface area contributed by atoms with Gasteiger partial charge in [-0.15, -0.1) is 11.3 Å². The summed E-state index contributed by atoms with van der Waals surface area (Å²) in [4.78, 5) is 17.3. The van der Waals surface area contributed by atoms with Gasteiger partial charge in [0.1, 0.15) is 6.17 Å². The van der Waals surface area contributed by atoms with Crippen LogP contribution in [0.1, 0.15) is 10.8 Å². The van der Waals surface area contributed by atoms with Crippen molar-refractivity contribution in [2.75, 3.05) is 14.2 Å². The van der Waals surface area contributed by atoms with Gasteiger partial charge < -0.3 is 0 Å². The molecule has 0 saturated heterocycles. The minimum Gasteiger partial charge on any atom is -0.275 e. The molecule has 0 aromatic carbocycles. The summed E-state index contributed by atoms with van der Waals surface area (Å²) in [7, 11) is 2.90. The molecule has 0 N–H and O–H groups in total. The van der Waals surface area contributed by atoms with Crippen LogP contribution in [0.25, 0.3) is 0 Å². The Hall–Kier alpha value is -0.940. The van der Waals surface area contributed by atoms with Gasteiger partial charge in [-0.1, -0.05) is 6.07 Å². The van der Waals surface area contributed by atoms with Crippen molar-refractivity contribution in [3.63, 3.8) is 0 Å². The normalized spacial score (nSPS) is 28.9. The molecule has 82 valence electrons. The van der Waals surface area contributed by atoms with E-state index in [1.54, 1.807) is 0 Å². The second-order valence-electron chi connectivity index (χ2n) is 3.53. The minimum atomic E-state index is -1.06. The molecule has 0 aliphatic heterocycles. The van der Waals surface area contributed by atoms with Crippen LogP contribution in [-0.4, -0.2) is 31.3 Å². The quantitative estimate of drug-likeness (QED) is 0.740. The lowest BCUT2D eigenvalue weighted by molar-refractivity contribution is -0.170. The van der Waals surface area contributed by atoms with Gasteiger partial charge in [-0.2, -0.15) is 0 Å². The fourth-order valence-corrected chi connectivity index (χ4v) is 2.58. The molecule has 3 nitrogen and oxygen atoms in total. The van der Waals surface area contributed by atoms with E-state index in [1.807, 2.05) is 17.5 Å². The summed E-state index contributed by atoms with van der Waals surface area (Å²) < 4.78 is 13.5. The van der Waals surface area contributed by atoms with Gasteiger partial charge in [0.15, 0.2) is 0 Å². The second-order valence-corrected chi connectivity index (χ2v) is 4.51. The van der Waals surface area contributed by atoms with Gasteiger partial charge in [0.25, 0.3) is 5.91 Å². The van der Waals surface area contributed by atoms with E-state index in [0.717, 1.165) is 9.94 Å². The number of alkyl halides is 1. The summed E-state index contributed by atoms with van der Waals surface area (Å²) in [6.45, 7) is 0. The van der Waals surface area contributed by atoms with Crippen molar-refractivity contribution in [1.82, 2.24) is 5.06 Å². The van der Waals surface area contributed by atoms with Crippen molar-refractivity contribution in [3.05, 3.63) is 22.4 Å². The first-order chi connectivity index (χ1) is 7.16. The number of hydrogen-bond acceptors (Lipinski definition) is 3. The zero-order valence-corrected chi connectivity index (χ0v) is 9.33. The number of hydrogen-bond donors (Lipinski definition) is 0. The van der Waals surface area contributed by atoms with Crippen LogP contribution in [0.2, 0.25) is 0 Å². The standard InChI is InChI=1S/C10H12FNO2S/c1-12(14-2)10(13)8-7(9(8)11)6-4-3-5-15-6/h3-5,7-9H,1-2H3/t7-,8-,9+/m1/s1. The van der Waals surface area contributed by atoms with Crippen LogP contribution in [0.3, 0.4) is 0 Å². The monoisotopic (exact) mass is 229 g/mol. The Balaban J connectivity index is 2.06. The van der Waals surface area contributed by atoms with Crippen molar-refractivity contribution in [1.29, 1.82) is 0 Å². The van der Waals surface area contributed by atoms with E-state index >= 15 is 0 Å². The zero-order chi connectivity index (χ0) is 11.0. The Labute approximate surface area is 91.4 Å². The molecule has 1 aliphatic carbocycles. The lowest BCUT2D eigenvalue weighted by Crippen LogP contribution is -2.27. The SMILES string of the molecule is CON(C)C(=O)[C@H]1[C@@H](F)[C@@H]1c1cccs1. The van der Waals surface area contributed by atoms with E-state index in [9.17, 15) is 9.18 Å². The number of hydroxylamine groups is 2. The van der Waals surface area contributed by atoms with Gasteiger partial charge in [0.05, 0.1) is 13.0 Å². The summed E-state index contributed by atoms with van der Waals surface area (Å²) in [6.07, 6.45) is -1.06. The molecule has 2 rings (SSSR count). The smallest absolute Gasteiger partial charge is 0.252 e. The van der Waals surface area contributed by atoms with Crippen LogP contribution < -0.4 is 0 Å². The minimum absolute atomic E-state index is 0.268. The third-order valence-corrected chi connectivity index (χ3v) is 3.65.